The maximum absolute atomic E-state index is 12.4. The molecular formula is C18H16BrClF3NO4. The third-order valence-electron chi connectivity index (χ3n) is 3.51. The quantitative estimate of drug-likeness (QED) is 0.586. The number of anilines is 1. The number of rotatable bonds is 7. The van der Waals surface area contributed by atoms with E-state index in [1.807, 2.05) is 0 Å². The Balaban J connectivity index is 2.18. The zero-order valence-corrected chi connectivity index (χ0v) is 17.2. The van der Waals surface area contributed by atoms with Gasteiger partial charge in [-0.2, -0.15) is 13.2 Å². The van der Waals surface area contributed by atoms with Crippen molar-refractivity contribution in [1.29, 1.82) is 0 Å². The van der Waals surface area contributed by atoms with Crippen molar-refractivity contribution in [2.45, 2.75) is 12.6 Å². The van der Waals surface area contributed by atoms with Gasteiger partial charge in [-0.1, -0.05) is 27.5 Å². The van der Waals surface area contributed by atoms with Crippen LogP contribution in [0.15, 0.2) is 34.8 Å². The Bertz CT molecular complexity index is 861. The minimum Gasteiger partial charge on any atom is -0.493 e. The number of benzene rings is 2. The van der Waals surface area contributed by atoms with Crippen LogP contribution in [0.4, 0.5) is 18.9 Å². The molecule has 152 valence electrons. The fourth-order valence-corrected chi connectivity index (χ4v) is 2.92. The van der Waals surface area contributed by atoms with Crippen LogP contribution in [0, 0.1) is 0 Å². The Morgan fingerprint density at radius 3 is 2.36 bits per heavy atom. The van der Waals surface area contributed by atoms with Gasteiger partial charge >= 0.3 is 6.18 Å². The molecule has 2 aromatic rings. The molecular weight excluding hydrogens is 467 g/mol. The van der Waals surface area contributed by atoms with Crippen molar-refractivity contribution < 1.29 is 32.2 Å². The lowest BCUT2D eigenvalue weighted by Crippen LogP contribution is -2.21. The fraction of sp³-hybridized carbons (Fsp3) is 0.278. The van der Waals surface area contributed by atoms with Crippen LogP contribution < -0.4 is 19.5 Å². The number of alkyl halides is 3. The number of nitrogens with one attached hydrogen (secondary N) is 1. The molecule has 0 aliphatic heterocycles. The van der Waals surface area contributed by atoms with E-state index in [1.54, 1.807) is 12.1 Å². The summed E-state index contributed by atoms with van der Waals surface area (Å²) in [7, 11) is 2.95. The van der Waals surface area contributed by atoms with Gasteiger partial charge in [-0.15, -0.1) is 0 Å². The van der Waals surface area contributed by atoms with Crippen LogP contribution in [-0.4, -0.2) is 32.9 Å². The molecule has 5 nitrogen and oxygen atoms in total. The lowest BCUT2D eigenvalue weighted by Gasteiger charge is -2.15. The molecule has 0 saturated carbocycles. The maximum atomic E-state index is 12.4. The first-order chi connectivity index (χ1) is 13.1. The molecule has 0 saturated heterocycles. The summed E-state index contributed by atoms with van der Waals surface area (Å²) >= 11 is 9.23. The zero-order valence-electron chi connectivity index (χ0n) is 14.8. The third kappa shape index (κ3) is 6.20. The van der Waals surface area contributed by atoms with E-state index in [1.165, 1.54) is 32.4 Å². The van der Waals surface area contributed by atoms with Crippen molar-refractivity contribution in [1.82, 2.24) is 0 Å². The van der Waals surface area contributed by atoms with Crippen molar-refractivity contribution in [3.05, 3.63) is 45.4 Å². The van der Waals surface area contributed by atoms with Gasteiger partial charge in [-0.25, -0.2) is 0 Å². The molecule has 1 amide bonds. The van der Waals surface area contributed by atoms with Crippen LogP contribution in [0.1, 0.15) is 5.56 Å². The van der Waals surface area contributed by atoms with Crippen molar-refractivity contribution in [2.75, 3.05) is 26.1 Å². The molecule has 0 aromatic heterocycles. The molecule has 1 N–H and O–H groups in total. The molecule has 0 aliphatic carbocycles. The Hall–Kier alpha value is -2.13. The molecule has 0 fully saturated rings. The molecule has 28 heavy (non-hydrogen) atoms. The van der Waals surface area contributed by atoms with Gasteiger partial charge in [0.05, 0.1) is 26.3 Å². The smallest absolute Gasteiger partial charge is 0.422 e. The number of halogens is 5. The third-order valence-corrected chi connectivity index (χ3v) is 4.48. The highest BCUT2D eigenvalue weighted by atomic mass is 79.9. The summed E-state index contributed by atoms with van der Waals surface area (Å²) in [5.41, 5.74) is 0.633. The van der Waals surface area contributed by atoms with Crippen molar-refractivity contribution in [2.24, 2.45) is 0 Å². The summed E-state index contributed by atoms with van der Waals surface area (Å²) in [5, 5.41) is 2.76. The minimum atomic E-state index is -4.51. The predicted octanol–water partition coefficient (Wildman–Crippen LogP) is 5.24. The summed E-state index contributed by atoms with van der Waals surface area (Å²) < 4.78 is 53.0. The molecule has 0 heterocycles. The van der Waals surface area contributed by atoms with Gasteiger partial charge in [0.1, 0.15) is 5.75 Å². The highest BCUT2D eigenvalue weighted by Crippen LogP contribution is 2.34. The summed E-state index contributed by atoms with van der Waals surface area (Å²) in [4.78, 5) is 12.4. The first-order valence-electron chi connectivity index (χ1n) is 7.82. The minimum absolute atomic E-state index is 0.0401. The van der Waals surface area contributed by atoms with Crippen molar-refractivity contribution >= 4 is 39.1 Å². The highest BCUT2D eigenvalue weighted by Gasteiger charge is 2.29. The van der Waals surface area contributed by atoms with E-state index in [2.05, 4.69) is 21.2 Å². The van der Waals surface area contributed by atoms with E-state index in [0.29, 0.717) is 21.5 Å². The number of methoxy groups -OCH3 is 2. The van der Waals surface area contributed by atoms with Crippen LogP contribution in [0.2, 0.25) is 5.02 Å². The van der Waals surface area contributed by atoms with Crippen LogP contribution in [-0.2, 0) is 11.2 Å². The van der Waals surface area contributed by atoms with E-state index in [-0.39, 0.29) is 22.9 Å². The van der Waals surface area contributed by atoms with E-state index >= 15 is 0 Å². The Kier molecular flexibility index (Phi) is 7.42. The normalized spacial score (nSPS) is 11.1. The highest BCUT2D eigenvalue weighted by molar-refractivity contribution is 9.10. The van der Waals surface area contributed by atoms with Gasteiger partial charge in [0.25, 0.3) is 0 Å². The second-order valence-corrected chi connectivity index (χ2v) is 6.86. The second kappa shape index (κ2) is 9.38. The first-order valence-corrected chi connectivity index (χ1v) is 8.99. The lowest BCUT2D eigenvalue weighted by atomic mass is 10.1. The number of carbonyl (C=O) groups excluding carboxylic acids is 1. The molecule has 0 unspecified atom stereocenters. The molecule has 2 aromatic carbocycles. The van der Waals surface area contributed by atoms with Crippen molar-refractivity contribution in [3.63, 3.8) is 0 Å². The summed E-state index contributed by atoms with van der Waals surface area (Å²) in [6, 6.07) is 7.22. The number of amides is 1. The SMILES string of the molecule is COc1cc(Br)c(CC(=O)Nc2cc(Cl)ccc2OCC(F)(F)F)cc1OC. The fourth-order valence-electron chi connectivity index (χ4n) is 2.28. The average Bonchev–Trinajstić information content (AvgIpc) is 2.61. The Morgan fingerprint density at radius 2 is 1.75 bits per heavy atom. The van der Waals surface area contributed by atoms with E-state index in [9.17, 15) is 18.0 Å². The van der Waals surface area contributed by atoms with Gasteiger partial charge in [0, 0.05) is 9.50 Å². The molecule has 0 spiro atoms. The van der Waals surface area contributed by atoms with Crippen LogP contribution in [0.25, 0.3) is 0 Å². The van der Waals surface area contributed by atoms with Crippen LogP contribution in [0.5, 0.6) is 17.2 Å². The van der Waals surface area contributed by atoms with Gasteiger partial charge in [-0.3, -0.25) is 4.79 Å². The summed E-state index contributed by atoms with van der Waals surface area (Å²) in [6.45, 7) is -1.49. The van der Waals surface area contributed by atoms with Crippen molar-refractivity contribution in [3.8, 4) is 17.2 Å². The predicted molar refractivity (Wildman–Crippen MR) is 103 cm³/mol. The molecule has 0 aliphatic rings. The monoisotopic (exact) mass is 481 g/mol. The molecule has 0 atom stereocenters. The number of ether oxygens (including phenoxy) is 3. The largest absolute Gasteiger partial charge is 0.493 e. The standard InChI is InChI=1S/C18H16BrClF3NO4/c1-26-15-5-10(12(19)8-16(15)27-2)6-17(25)24-13-7-11(20)3-4-14(13)28-9-18(21,22)23/h3-5,7-8H,6,9H2,1-2H3,(H,24,25). The van der Waals surface area contributed by atoms with Crippen LogP contribution in [0.3, 0.4) is 0 Å². The van der Waals surface area contributed by atoms with Gasteiger partial charge in [0.2, 0.25) is 5.91 Å². The van der Waals surface area contributed by atoms with E-state index in [4.69, 9.17) is 25.8 Å². The van der Waals surface area contributed by atoms with E-state index < -0.39 is 18.7 Å². The number of hydrogen-bond acceptors (Lipinski definition) is 4. The number of hydrogen-bond donors (Lipinski definition) is 1. The summed E-state index contributed by atoms with van der Waals surface area (Å²) in [5.74, 6) is 0.301. The maximum Gasteiger partial charge on any atom is 0.422 e. The van der Waals surface area contributed by atoms with Gasteiger partial charge in [-0.05, 0) is 35.9 Å². The van der Waals surface area contributed by atoms with Crippen LogP contribution >= 0.6 is 27.5 Å². The first kappa shape index (κ1) is 22.2. The zero-order chi connectivity index (χ0) is 20.9. The van der Waals surface area contributed by atoms with Gasteiger partial charge < -0.3 is 19.5 Å². The number of carbonyl (C=O) groups is 1. The molecule has 2 rings (SSSR count). The Labute approximate surface area is 172 Å². The average molecular weight is 483 g/mol. The molecule has 10 heteroatoms. The topological polar surface area (TPSA) is 56.8 Å². The lowest BCUT2D eigenvalue weighted by molar-refractivity contribution is -0.153. The Morgan fingerprint density at radius 1 is 1.11 bits per heavy atom. The summed E-state index contributed by atoms with van der Waals surface area (Å²) in [6.07, 6.45) is -4.59. The molecule has 0 radical (unpaired) electrons. The van der Waals surface area contributed by atoms with E-state index in [0.717, 1.165) is 0 Å². The molecule has 0 bridgehead atoms. The van der Waals surface area contributed by atoms with Gasteiger partial charge in [0.15, 0.2) is 18.1 Å². The second-order valence-electron chi connectivity index (χ2n) is 5.57.